The van der Waals surface area contributed by atoms with Crippen LogP contribution in [0.3, 0.4) is 0 Å². The Bertz CT molecular complexity index is 1550. The van der Waals surface area contributed by atoms with Gasteiger partial charge in [0, 0.05) is 35.9 Å². The molecule has 2 N–H and O–H groups in total. The van der Waals surface area contributed by atoms with E-state index in [4.69, 9.17) is 0 Å². The molecule has 14 heteroatoms. The molecule has 5 rings (SSSR count). The molecule has 1 fully saturated rings. The third-order valence-corrected chi connectivity index (χ3v) is 7.62. The molecular formula is C30H32F5N7O2. The van der Waals surface area contributed by atoms with Gasteiger partial charge in [0.05, 0.1) is 12.2 Å². The Hall–Kier alpha value is -4.33. The molecule has 2 aromatic carbocycles. The summed E-state index contributed by atoms with van der Waals surface area (Å²) in [5.74, 6) is -4.03. The highest BCUT2D eigenvalue weighted by molar-refractivity contribution is 6.02. The van der Waals surface area contributed by atoms with Crippen LogP contribution in [0.4, 0.5) is 49.9 Å². The molecule has 1 aromatic heterocycles. The van der Waals surface area contributed by atoms with Gasteiger partial charge in [-0.3, -0.25) is 4.79 Å². The number of carbonyl (C=O) groups excluding carboxylic acids is 2. The number of amides is 3. The highest BCUT2D eigenvalue weighted by atomic mass is 19.4. The van der Waals surface area contributed by atoms with Gasteiger partial charge >= 0.3 is 18.1 Å². The van der Waals surface area contributed by atoms with Gasteiger partial charge in [-0.1, -0.05) is 12.1 Å². The summed E-state index contributed by atoms with van der Waals surface area (Å²) >= 11 is 0. The smallest absolute Gasteiger partial charge is 0.353 e. The summed E-state index contributed by atoms with van der Waals surface area (Å²) in [4.78, 5) is 38.4. The van der Waals surface area contributed by atoms with Gasteiger partial charge in [-0.2, -0.15) is 18.2 Å². The largest absolute Gasteiger partial charge is 0.471 e. The Labute approximate surface area is 251 Å². The molecule has 0 saturated carbocycles. The first-order valence-electron chi connectivity index (χ1n) is 14.3. The second-order valence-electron chi connectivity index (χ2n) is 11.0. The number of aromatic nitrogens is 2. The molecule has 0 radical (unpaired) electrons. The van der Waals surface area contributed by atoms with Crippen molar-refractivity contribution in [2.45, 2.75) is 52.4 Å². The minimum absolute atomic E-state index is 0.0179. The average molecular weight is 618 g/mol. The number of nitrogens with zero attached hydrogens (tertiary/aromatic N) is 5. The zero-order chi connectivity index (χ0) is 31.8. The van der Waals surface area contributed by atoms with E-state index in [1.165, 1.54) is 32.0 Å². The van der Waals surface area contributed by atoms with E-state index < -0.39 is 41.5 Å². The van der Waals surface area contributed by atoms with Crippen molar-refractivity contribution >= 4 is 35.1 Å². The quantitative estimate of drug-likeness (QED) is 0.306. The van der Waals surface area contributed by atoms with Crippen LogP contribution in [0.15, 0.2) is 36.4 Å². The van der Waals surface area contributed by atoms with E-state index in [1.807, 2.05) is 0 Å². The predicted octanol–water partition coefficient (Wildman–Crippen LogP) is 5.90. The lowest BCUT2D eigenvalue weighted by molar-refractivity contribution is -0.170. The normalized spacial score (nSPS) is 15.4. The lowest BCUT2D eigenvalue weighted by atomic mass is 9.98. The van der Waals surface area contributed by atoms with E-state index in [2.05, 4.69) is 25.5 Å². The predicted molar refractivity (Wildman–Crippen MR) is 156 cm³/mol. The summed E-state index contributed by atoms with van der Waals surface area (Å²) in [6.07, 6.45) is -2.92. The van der Waals surface area contributed by atoms with Crippen molar-refractivity contribution in [1.29, 1.82) is 0 Å². The Morgan fingerprint density at radius 1 is 1.09 bits per heavy atom. The molecule has 3 aromatic rings. The molecule has 0 aliphatic carbocycles. The van der Waals surface area contributed by atoms with Crippen LogP contribution in [-0.4, -0.2) is 65.2 Å². The number of para-hydroxylation sites is 1. The molecule has 44 heavy (non-hydrogen) atoms. The number of carbonyl (C=O) groups is 2. The number of urea groups is 1. The number of benzene rings is 2. The number of alkyl halides is 3. The summed E-state index contributed by atoms with van der Waals surface area (Å²) in [6.45, 7) is 7.54. The van der Waals surface area contributed by atoms with Crippen molar-refractivity contribution in [2.24, 2.45) is 0 Å². The highest BCUT2D eigenvalue weighted by Gasteiger charge is 2.44. The van der Waals surface area contributed by atoms with Crippen molar-refractivity contribution in [3.8, 4) is 11.3 Å². The monoisotopic (exact) mass is 617 g/mol. The second kappa shape index (κ2) is 12.3. The molecule has 234 valence electrons. The first kappa shape index (κ1) is 31.1. The van der Waals surface area contributed by atoms with Crippen LogP contribution in [-0.2, 0) is 11.3 Å². The Morgan fingerprint density at radius 2 is 1.77 bits per heavy atom. The molecule has 2 aliphatic heterocycles. The van der Waals surface area contributed by atoms with Crippen LogP contribution in [0.5, 0.6) is 0 Å². The number of likely N-dealkylation sites (tertiary alicyclic amines) is 1. The first-order valence-corrected chi connectivity index (χ1v) is 14.3. The summed E-state index contributed by atoms with van der Waals surface area (Å²) in [7, 11) is 0. The standard InChI is InChI=1S/C30H32F5N7O2/c1-17(2)41(27(43)30(33,34)35)19-10-9-18(3)20(15-19)24-21-16-37-29(44)42(25-22(31)7-6-8-23(25)32)26(21)39-28(38-24)36-11-14-40-12-4-5-13-40/h6-10,15,17H,4-5,11-14,16H2,1-3H3,(H,37,44)(H,36,38,39). The number of fused-ring (bicyclic) bond motifs is 1. The van der Waals surface area contributed by atoms with Crippen molar-refractivity contribution in [2.75, 3.05) is 41.3 Å². The van der Waals surface area contributed by atoms with Gasteiger partial charge in [0.25, 0.3) is 0 Å². The molecule has 9 nitrogen and oxygen atoms in total. The number of aryl methyl sites for hydroxylation is 1. The minimum atomic E-state index is -5.11. The van der Waals surface area contributed by atoms with Gasteiger partial charge in [0.2, 0.25) is 5.95 Å². The zero-order valence-electron chi connectivity index (χ0n) is 24.4. The van der Waals surface area contributed by atoms with Crippen molar-refractivity contribution in [1.82, 2.24) is 20.2 Å². The number of anilines is 4. The van der Waals surface area contributed by atoms with Crippen molar-refractivity contribution in [3.05, 3.63) is 59.2 Å². The fourth-order valence-corrected chi connectivity index (χ4v) is 5.50. The number of hydrogen-bond donors (Lipinski definition) is 2. The van der Waals surface area contributed by atoms with Crippen molar-refractivity contribution < 1.29 is 31.5 Å². The third kappa shape index (κ3) is 6.16. The van der Waals surface area contributed by atoms with E-state index in [9.17, 15) is 31.5 Å². The number of hydrogen-bond acceptors (Lipinski definition) is 6. The summed E-state index contributed by atoms with van der Waals surface area (Å²) in [5, 5.41) is 5.74. The van der Waals surface area contributed by atoms with Crippen LogP contribution < -0.4 is 20.4 Å². The number of rotatable bonds is 8. The topological polar surface area (TPSA) is 93.7 Å². The molecule has 0 bridgehead atoms. The van der Waals surface area contributed by atoms with Gasteiger partial charge in [0.1, 0.15) is 17.3 Å². The van der Waals surface area contributed by atoms with Crippen LogP contribution in [0.2, 0.25) is 0 Å². The van der Waals surface area contributed by atoms with Gasteiger partial charge in [-0.05, 0) is 76.5 Å². The number of nitrogens with one attached hydrogen (secondary N) is 2. The van der Waals surface area contributed by atoms with Gasteiger partial charge in [0.15, 0.2) is 5.82 Å². The second-order valence-corrected chi connectivity index (χ2v) is 11.0. The Balaban J connectivity index is 1.66. The maximum atomic E-state index is 15.0. The maximum absolute atomic E-state index is 15.0. The van der Waals surface area contributed by atoms with E-state index >= 15 is 0 Å². The Kier molecular flexibility index (Phi) is 8.73. The van der Waals surface area contributed by atoms with Crippen molar-refractivity contribution in [3.63, 3.8) is 0 Å². The zero-order valence-corrected chi connectivity index (χ0v) is 24.4. The molecule has 3 amide bonds. The lowest BCUT2D eigenvalue weighted by Crippen LogP contribution is -2.45. The minimum Gasteiger partial charge on any atom is -0.353 e. The molecule has 0 unspecified atom stereocenters. The SMILES string of the molecule is Cc1ccc(N(C(=O)C(F)(F)F)C(C)C)cc1-c1nc(NCCN2CCCC2)nc2c1CNC(=O)N2c1c(F)cccc1F. The lowest BCUT2D eigenvalue weighted by Gasteiger charge is -2.31. The van der Waals surface area contributed by atoms with E-state index in [1.54, 1.807) is 13.0 Å². The summed E-state index contributed by atoms with van der Waals surface area (Å²) in [6, 6.07) is 5.95. The fraction of sp³-hybridized carbons (Fsp3) is 0.400. The maximum Gasteiger partial charge on any atom is 0.471 e. The molecule has 0 atom stereocenters. The van der Waals surface area contributed by atoms with Crippen LogP contribution in [0, 0.1) is 18.6 Å². The van der Waals surface area contributed by atoms with Crippen LogP contribution in [0.1, 0.15) is 37.8 Å². The molecule has 3 heterocycles. The molecule has 2 aliphatic rings. The molecule has 0 spiro atoms. The van der Waals surface area contributed by atoms with Gasteiger partial charge < -0.3 is 20.4 Å². The van der Waals surface area contributed by atoms with Gasteiger partial charge in [-0.15, -0.1) is 0 Å². The van der Waals surface area contributed by atoms with Gasteiger partial charge in [-0.25, -0.2) is 23.5 Å². The van der Waals surface area contributed by atoms with E-state index in [-0.39, 0.29) is 35.3 Å². The first-order chi connectivity index (χ1) is 20.9. The Morgan fingerprint density at radius 3 is 2.41 bits per heavy atom. The molecular weight excluding hydrogens is 585 g/mol. The average Bonchev–Trinajstić information content (AvgIpc) is 3.47. The highest BCUT2D eigenvalue weighted by Crippen LogP contribution is 2.40. The van der Waals surface area contributed by atoms with Crippen LogP contribution >= 0.6 is 0 Å². The third-order valence-electron chi connectivity index (χ3n) is 7.62. The summed E-state index contributed by atoms with van der Waals surface area (Å²) in [5.41, 5.74) is 0.816. The number of halogens is 5. The van der Waals surface area contributed by atoms with E-state index in [0.717, 1.165) is 43.0 Å². The molecule has 1 saturated heterocycles. The summed E-state index contributed by atoms with van der Waals surface area (Å²) < 4.78 is 70.6. The fourth-order valence-electron chi connectivity index (χ4n) is 5.50. The van der Waals surface area contributed by atoms with Crippen LogP contribution in [0.25, 0.3) is 11.3 Å². The van der Waals surface area contributed by atoms with E-state index in [0.29, 0.717) is 29.1 Å².